The molecule has 1 aromatic rings. The Morgan fingerprint density at radius 2 is 2.10 bits per heavy atom. The highest BCUT2D eigenvalue weighted by Crippen LogP contribution is 2.36. The molecule has 4 nitrogen and oxygen atoms in total. The number of alkyl halides is 3. The smallest absolute Gasteiger partial charge is 0.387 e. The van der Waals surface area contributed by atoms with Crippen LogP contribution in [0.5, 0.6) is 0 Å². The number of nitrogens with zero attached hydrogens (tertiary/aromatic N) is 2. The van der Waals surface area contributed by atoms with Crippen molar-refractivity contribution in [2.45, 2.75) is 19.5 Å². The molecule has 0 aromatic heterocycles. The highest BCUT2D eigenvalue weighted by Gasteiger charge is 2.35. The molecule has 0 aliphatic rings. The molecular weight excluding hydrogens is 283 g/mol. The van der Waals surface area contributed by atoms with E-state index < -0.39 is 17.6 Å². The van der Waals surface area contributed by atoms with Gasteiger partial charge in [-0.3, -0.25) is 4.79 Å². The standard InChI is InChI=1S/C14H16F3N3O/c1-3-20(9-5-8-18)13(21)10-6-4-7-11(12(10)19-2)14(15,16)17/h4,6-7,19H,3,5,9H2,1-2H3. The number of rotatable bonds is 5. The molecule has 0 unspecified atom stereocenters. The van der Waals surface area contributed by atoms with Crippen LogP contribution in [-0.4, -0.2) is 30.9 Å². The molecule has 0 aliphatic heterocycles. The average Bonchev–Trinajstić information content (AvgIpc) is 2.45. The van der Waals surface area contributed by atoms with E-state index in [4.69, 9.17) is 5.26 Å². The quantitative estimate of drug-likeness (QED) is 0.909. The fourth-order valence-electron chi connectivity index (χ4n) is 1.99. The third kappa shape index (κ3) is 3.88. The number of hydrogen-bond donors (Lipinski definition) is 1. The zero-order valence-corrected chi connectivity index (χ0v) is 11.8. The highest BCUT2D eigenvalue weighted by molar-refractivity contribution is 6.00. The predicted molar refractivity (Wildman–Crippen MR) is 72.8 cm³/mol. The highest BCUT2D eigenvalue weighted by atomic mass is 19.4. The topological polar surface area (TPSA) is 56.1 Å². The summed E-state index contributed by atoms with van der Waals surface area (Å²) in [6.45, 7) is 2.22. The number of carbonyl (C=O) groups is 1. The molecule has 0 heterocycles. The van der Waals surface area contributed by atoms with Gasteiger partial charge < -0.3 is 10.2 Å². The van der Waals surface area contributed by atoms with E-state index in [1.165, 1.54) is 24.1 Å². The van der Waals surface area contributed by atoms with Crippen molar-refractivity contribution in [2.24, 2.45) is 0 Å². The number of benzene rings is 1. The van der Waals surface area contributed by atoms with Crippen molar-refractivity contribution in [3.05, 3.63) is 29.3 Å². The van der Waals surface area contributed by atoms with Crippen LogP contribution in [0.15, 0.2) is 18.2 Å². The lowest BCUT2D eigenvalue weighted by Gasteiger charge is -2.22. The van der Waals surface area contributed by atoms with Crippen LogP contribution in [-0.2, 0) is 6.18 Å². The molecule has 7 heteroatoms. The third-order valence-corrected chi connectivity index (χ3v) is 3.01. The maximum absolute atomic E-state index is 13.0. The van der Waals surface area contributed by atoms with Gasteiger partial charge >= 0.3 is 6.18 Å². The molecule has 0 radical (unpaired) electrons. The Hall–Kier alpha value is -2.23. The number of halogens is 3. The van der Waals surface area contributed by atoms with Crippen LogP contribution in [0, 0.1) is 11.3 Å². The van der Waals surface area contributed by atoms with Gasteiger partial charge in [0.25, 0.3) is 5.91 Å². The van der Waals surface area contributed by atoms with E-state index in [2.05, 4.69) is 5.32 Å². The Labute approximate surface area is 121 Å². The van der Waals surface area contributed by atoms with Crippen molar-refractivity contribution in [1.82, 2.24) is 4.90 Å². The second-order valence-corrected chi connectivity index (χ2v) is 4.27. The summed E-state index contributed by atoms with van der Waals surface area (Å²) >= 11 is 0. The lowest BCUT2D eigenvalue weighted by molar-refractivity contribution is -0.136. The minimum absolute atomic E-state index is 0.0490. The first kappa shape index (κ1) is 16.8. The number of para-hydroxylation sites is 1. The van der Waals surface area contributed by atoms with E-state index in [-0.39, 0.29) is 24.2 Å². The van der Waals surface area contributed by atoms with Gasteiger partial charge in [-0.05, 0) is 19.1 Å². The molecule has 0 atom stereocenters. The summed E-state index contributed by atoms with van der Waals surface area (Å²) in [6, 6.07) is 5.39. The SMILES string of the molecule is CCN(CCC#N)C(=O)c1cccc(C(F)(F)F)c1NC. The van der Waals surface area contributed by atoms with Gasteiger partial charge in [0.1, 0.15) is 0 Å². The van der Waals surface area contributed by atoms with Crippen LogP contribution in [0.1, 0.15) is 29.3 Å². The summed E-state index contributed by atoms with van der Waals surface area (Å²) in [4.78, 5) is 13.7. The molecule has 21 heavy (non-hydrogen) atoms. The zero-order chi connectivity index (χ0) is 16.0. The minimum atomic E-state index is -4.54. The number of amides is 1. The summed E-state index contributed by atoms with van der Waals surface area (Å²) in [6.07, 6.45) is -4.41. The summed E-state index contributed by atoms with van der Waals surface area (Å²) in [7, 11) is 1.34. The van der Waals surface area contributed by atoms with Gasteiger partial charge in [0.05, 0.1) is 29.3 Å². The first-order valence-electron chi connectivity index (χ1n) is 6.41. The lowest BCUT2D eigenvalue weighted by Crippen LogP contribution is -2.32. The Kier molecular flexibility index (Phi) is 5.59. The number of anilines is 1. The predicted octanol–water partition coefficient (Wildman–Crippen LogP) is 3.12. The van der Waals surface area contributed by atoms with Crippen LogP contribution in [0.2, 0.25) is 0 Å². The van der Waals surface area contributed by atoms with E-state index in [1.54, 1.807) is 6.92 Å². The first-order valence-corrected chi connectivity index (χ1v) is 6.41. The Morgan fingerprint density at radius 1 is 1.43 bits per heavy atom. The van der Waals surface area contributed by atoms with Gasteiger partial charge in [0.2, 0.25) is 0 Å². The summed E-state index contributed by atoms with van der Waals surface area (Å²) in [5.41, 5.74) is -1.18. The van der Waals surface area contributed by atoms with Gasteiger partial charge in [-0.2, -0.15) is 18.4 Å². The molecule has 1 amide bonds. The molecule has 0 saturated carbocycles. The van der Waals surface area contributed by atoms with Gasteiger partial charge in [-0.15, -0.1) is 0 Å². The van der Waals surface area contributed by atoms with Gasteiger partial charge in [0, 0.05) is 20.1 Å². The van der Waals surface area contributed by atoms with Crippen molar-refractivity contribution in [1.29, 1.82) is 5.26 Å². The van der Waals surface area contributed by atoms with E-state index in [0.717, 1.165) is 6.07 Å². The van der Waals surface area contributed by atoms with Crippen LogP contribution in [0.25, 0.3) is 0 Å². The monoisotopic (exact) mass is 299 g/mol. The largest absolute Gasteiger partial charge is 0.418 e. The van der Waals surface area contributed by atoms with E-state index in [0.29, 0.717) is 6.54 Å². The third-order valence-electron chi connectivity index (χ3n) is 3.01. The molecule has 1 aromatic carbocycles. The number of hydrogen-bond acceptors (Lipinski definition) is 3. The minimum Gasteiger partial charge on any atom is -0.387 e. The van der Waals surface area contributed by atoms with E-state index in [9.17, 15) is 18.0 Å². The van der Waals surface area contributed by atoms with E-state index >= 15 is 0 Å². The normalized spacial score (nSPS) is 10.9. The second-order valence-electron chi connectivity index (χ2n) is 4.27. The van der Waals surface area contributed by atoms with E-state index in [1.807, 2.05) is 6.07 Å². The summed E-state index contributed by atoms with van der Waals surface area (Å²) in [5.74, 6) is -0.525. The van der Waals surface area contributed by atoms with Gasteiger partial charge in [-0.1, -0.05) is 6.07 Å². The van der Waals surface area contributed by atoms with Crippen molar-refractivity contribution in [2.75, 3.05) is 25.5 Å². The summed E-state index contributed by atoms with van der Waals surface area (Å²) in [5, 5.41) is 11.0. The second kappa shape index (κ2) is 6.97. The van der Waals surface area contributed by atoms with Crippen molar-refractivity contribution in [3.8, 4) is 6.07 Å². The Morgan fingerprint density at radius 3 is 2.57 bits per heavy atom. The number of carbonyl (C=O) groups excluding carboxylic acids is 1. The molecular formula is C14H16F3N3O. The van der Waals surface area contributed by atoms with Crippen LogP contribution in [0.4, 0.5) is 18.9 Å². The maximum atomic E-state index is 13.0. The summed E-state index contributed by atoms with van der Waals surface area (Å²) < 4.78 is 38.9. The number of nitriles is 1. The molecule has 1 N–H and O–H groups in total. The lowest BCUT2D eigenvalue weighted by atomic mass is 10.0. The maximum Gasteiger partial charge on any atom is 0.418 e. The molecule has 1 rings (SSSR count). The molecule has 0 saturated heterocycles. The fourth-order valence-corrected chi connectivity index (χ4v) is 1.99. The van der Waals surface area contributed by atoms with Crippen molar-refractivity contribution in [3.63, 3.8) is 0 Å². The molecule has 0 aliphatic carbocycles. The van der Waals surface area contributed by atoms with Crippen molar-refractivity contribution >= 4 is 11.6 Å². The Bertz CT molecular complexity index is 549. The first-order chi connectivity index (χ1) is 9.86. The Balaban J connectivity index is 3.24. The molecule has 0 bridgehead atoms. The van der Waals surface area contributed by atoms with Crippen LogP contribution in [0.3, 0.4) is 0 Å². The van der Waals surface area contributed by atoms with Gasteiger partial charge in [0.15, 0.2) is 0 Å². The van der Waals surface area contributed by atoms with Crippen LogP contribution >= 0.6 is 0 Å². The van der Waals surface area contributed by atoms with Gasteiger partial charge in [-0.25, -0.2) is 0 Å². The van der Waals surface area contributed by atoms with Crippen molar-refractivity contribution < 1.29 is 18.0 Å². The average molecular weight is 299 g/mol. The fraction of sp³-hybridized carbons (Fsp3) is 0.429. The molecule has 0 spiro atoms. The number of nitrogens with one attached hydrogen (secondary N) is 1. The molecule has 114 valence electrons. The zero-order valence-electron chi connectivity index (χ0n) is 11.8. The molecule has 0 fully saturated rings. The van der Waals surface area contributed by atoms with Crippen LogP contribution < -0.4 is 5.32 Å².